The van der Waals surface area contributed by atoms with Gasteiger partial charge in [-0.1, -0.05) is 28.1 Å². The van der Waals surface area contributed by atoms with Crippen molar-refractivity contribution in [1.82, 2.24) is 10.3 Å². The molecule has 0 saturated carbocycles. The molecule has 0 bridgehead atoms. The lowest BCUT2D eigenvalue weighted by Crippen LogP contribution is -2.18. The number of nitrogens with zero attached hydrogens (tertiary/aromatic N) is 1. The van der Waals surface area contributed by atoms with Crippen molar-refractivity contribution in [3.8, 4) is 5.88 Å². The van der Waals surface area contributed by atoms with E-state index in [1.807, 2.05) is 12.1 Å². The predicted molar refractivity (Wildman–Crippen MR) is 82.8 cm³/mol. The number of aromatic nitrogens is 1. The van der Waals surface area contributed by atoms with Gasteiger partial charge in [0.25, 0.3) is 0 Å². The Bertz CT molecular complexity index is 615. The first-order valence-corrected chi connectivity index (χ1v) is 7.57. The summed E-state index contributed by atoms with van der Waals surface area (Å²) in [5, 5.41) is 3.63. The van der Waals surface area contributed by atoms with Crippen LogP contribution in [0.2, 0.25) is 0 Å². The standard InChI is InChI=1S/C16H17BrN2O/c1-20-16-9-11(7-8-18-16)10-19-15-6-5-12-13(15)3-2-4-14(12)17/h2-4,7-9,15,19H,5-6,10H2,1H3. The maximum atomic E-state index is 5.15. The smallest absolute Gasteiger partial charge is 0.213 e. The first kappa shape index (κ1) is 13.6. The molecule has 1 aromatic heterocycles. The monoisotopic (exact) mass is 332 g/mol. The highest BCUT2D eigenvalue weighted by molar-refractivity contribution is 9.10. The molecule has 3 rings (SSSR count). The summed E-state index contributed by atoms with van der Waals surface area (Å²) < 4.78 is 6.38. The molecule has 1 aliphatic rings. The molecular formula is C16H17BrN2O. The highest BCUT2D eigenvalue weighted by Gasteiger charge is 2.23. The zero-order chi connectivity index (χ0) is 13.9. The average Bonchev–Trinajstić information content (AvgIpc) is 2.90. The Morgan fingerprint density at radius 3 is 3.15 bits per heavy atom. The molecule has 1 atom stereocenters. The number of hydrogen-bond acceptors (Lipinski definition) is 3. The fourth-order valence-electron chi connectivity index (χ4n) is 2.73. The molecule has 0 aliphatic heterocycles. The lowest BCUT2D eigenvalue weighted by molar-refractivity contribution is 0.396. The summed E-state index contributed by atoms with van der Waals surface area (Å²) in [7, 11) is 1.64. The van der Waals surface area contributed by atoms with Crippen molar-refractivity contribution in [2.75, 3.05) is 7.11 Å². The molecule has 1 heterocycles. The number of methoxy groups -OCH3 is 1. The van der Waals surface area contributed by atoms with E-state index in [9.17, 15) is 0 Å². The van der Waals surface area contributed by atoms with Crippen LogP contribution in [-0.2, 0) is 13.0 Å². The highest BCUT2D eigenvalue weighted by Crippen LogP contribution is 2.35. The fourth-order valence-corrected chi connectivity index (χ4v) is 3.31. The van der Waals surface area contributed by atoms with Gasteiger partial charge in [0.1, 0.15) is 0 Å². The normalized spacial score (nSPS) is 17.0. The molecule has 1 aliphatic carbocycles. The van der Waals surface area contributed by atoms with E-state index < -0.39 is 0 Å². The molecular weight excluding hydrogens is 316 g/mol. The van der Waals surface area contributed by atoms with Crippen LogP contribution in [0.3, 0.4) is 0 Å². The molecule has 104 valence electrons. The van der Waals surface area contributed by atoms with Gasteiger partial charge >= 0.3 is 0 Å². The van der Waals surface area contributed by atoms with E-state index >= 15 is 0 Å². The van der Waals surface area contributed by atoms with E-state index in [2.05, 4.69) is 44.4 Å². The minimum absolute atomic E-state index is 0.432. The summed E-state index contributed by atoms with van der Waals surface area (Å²) in [5.41, 5.74) is 4.05. The van der Waals surface area contributed by atoms with Crippen LogP contribution in [0.4, 0.5) is 0 Å². The lowest BCUT2D eigenvalue weighted by Gasteiger charge is -2.14. The molecule has 4 heteroatoms. The molecule has 1 unspecified atom stereocenters. The van der Waals surface area contributed by atoms with Gasteiger partial charge in [-0.25, -0.2) is 4.98 Å². The third kappa shape index (κ3) is 2.72. The summed E-state index contributed by atoms with van der Waals surface area (Å²) in [6.07, 6.45) is 4.07. The predicted octanol–water partition coefficient (Wildman–Crippen LogP) is 3.63. The number of rotatable bonds is 4. The van der Waals surface area contributed by atoms with E-state index in [-0.39, 0.29) is 0 Å². The Morgan fingerprint density at radius 2 is 2.30 bits per heavy atom. The highest BCUT2D eigenvalue weighted by atomic mass is 79.9. The Kier molecular flexibility index (Phi) is 4.03. The maximum Gasteiger partial charge on any atom is 0.213 e. The minimum atomic E-state index is 0.432. The van der Waals surface area contributed by atoms with Gasteiger partial charge in [0.05, 0.1) is 7.11 Å². The average molecular weight is 333 g/mol. The molecule has 3 nitrogen and oxygen atoms in total. The molecule has 0 saturated heterocycles. The zero-order valence-corrected chi connectivity index (χ0v) is 13.0. The van der Waals surface area contributed by atoms with E-state index in [0.717, 1.165) is 19.4 Å². The molecule has 0 spiro atoms. The molecule has 0 amide bonds. The number of pyridine rings is 1. The van der Waals surface area contributed by atoms with Crippen LogP contribution in [0.5, 0.6) is 5.88 Å². The number of ether oxygens (including phenoxy) is 1. The minimum Gasteiger partial charge on any atom is -0.481 e. The molecule has 0 fully saturated rings. The molecule has 0 radical (unpaired) electrons. The van der Waals surface area contributed by atoms with Gasteiger partial charge in [-0.15, -0.1) is 0 Å². The van der Waals surface area contributed by atoms with Crippen LogP contribution in [0.1, 0.15) is 29.2 Å². The molecule has 2 aromatic rings. The Hall–Kier alpha value is -1.39. The van der Waals surface area contributed by atoms with Gasteiger partial charge < -0.3 is 10.1 Å². The quantitative estimate of drug-likeness (QED) is 0.928. The second-order valence-corrected chi connectivity index (χ2v) is 5.84. The number of hydrogen-bond donors (Lipinski definition) is 1. The Morgan fingerprint density at radius 1 is 1.40 bits per heavy atom. The summed E-state index contributed by atoms with van der Waals surface area (Å²) in [4.78, 5) is 4.13. The first-order chi connectivity index (χ1) is 9.78. The van der Waals surface area contributed by atoms with Gasteiger partial charge in [0, 0.05) is 29.3 Å². The first-order valence-electron chi connectivity index (χ1n) is 6.77. The molecule has 20 heavy (non-hydrogen) atoms. The van der Waals surface area contributed by atoms with Crippen LogP contribution in [0.25, 0.3) is 0 Å². The summed E-state index contributed by atoms with van der Waals surface area (Å²) >= 11 is 3.64. The number of nitrogens with one attached hydrogen (secondary N) is 1. The molecule has 1 aromatic carbocycles. The van der Waals surface area contributed by atoms with Crippen LogP contribution >= 0.6 is 15.9 Å². The van der Waals surface area contributed by atoms with Gasteiger partial charge in [-0.05, 0) is 41.7 Å². The largest absolute Gasteiger partial charge is 0.481 e. The van der Waals surface area contributed by atoms with Gasteiger partial charge in [0.2, 0.25) is 5.88 Å². The zero-order valence-electron chi connectivity index (χ0n) is 11.4. The number of halogens is 1. The maximum absolute atomic E-state index is 5.15. The van der Waals surface area contributed by atoms with Crippen molar-refractivity contribution in [2.45, 2.75) is 25.4 Å². The SMILES string of the molecule is COc1cc(CNC2CCc3c(Br)cccc32)ccn1. The van der Waals surface area contributed by atoms with Crippen LogP contribution < -0.4 is 10.1 Å². The Balaban J connectivity index is 1.70. The lowest BCUT2D eigenvalue weighted by atomic mass is 10.1. The summed E-state index contributed by atoms with van der Waals surface area (Å²) in [5.74, 6) is 0.666. The summed E-state index contributed by atoms with van der Waals surface area (Å²) in [6.45, 7) is 0.829. The van der Waals surface area contributed by atoms with Crippen molar-refractivity contribution in [1.29, 1.82) is 0 Å². The van der Waals surface area contributed by atoms with Crippen molar-refractivity contribution in [3.05, 3.63) is 57.7 Å². The van der Waals surface area contributed by atoms with Gasteiger partial charge in [-0.2, -0.15) is 0 Å². The van der Waals surface area contributed by atoms with Crippen molar-refractivity contribution in [2.24, 2.45) is 0 Å². The number of benzene rings is 1. The van der Waals surface area contributed by atoms with E-state index in [1.54, 1.807) is 13.3 Å². The van der Waals surface area contributed by atoms with Gasteiger partial charge in [0.15, 0.2) is 0 Å². The topological polar surface area (TPSA) is 34.1 Å². The van der Waals surface area contributed by atoms with Gasteiger partial charge in [-0.3, -0.25) is 0 Å². The summed E-state index contributed by atoms with van der Waals surface area (Å²) in [6, 6.07) is 10.9. The van der Waals surface area contributed by atoms with Crippen molar-refractivity contribution in [3.63, 3.8) is 0 Å². The Labute approximate surface area is 127 Å². The molecule has 1 N–H and O–H groups in total. The number of fused-ring (bicyclic) bond motifs is 1. The fraction of sp³-hybridized carbons (Fsp3) is 0.312. The van der Waals surface area contributed by atoms with Crippen LogP contribution in [0, 0.1) is 0 Å². The van der Waals surface area contributed by atoms with Crippen LogP contribution in [-0.4, -0.2) is 12.1 Å². The third-order valence-electron chi connectivity index (χ3n) is 3.77. The third-order valence-corrected chi connectivity index (χ3v) is 4.52. The van der Waals surface area contributed by atoms with E-state index in [4.69, 9.17) is 4.74 Å². The van der Waals surface area contributed by atoms with Crippen LogP contribution in [0.15, 0.2) is 41.0 Å². The second-order valence-electron chi connectivity index (χ2n) is 4.99. The van der Waals surface area contributed by atoms with E-state index in [0.29, 0.717) is 11.9 Å². The van der Waals surface area contributed by atoms with E-state index in [1.165, 1.54) is 21.2 Å². The van der Waals surface area contributed by atoms with Crippen molar-refractivity contribution < 1.29 is 4.74 Å². The second kappa shape index (κ2) is 5.94. The van der Waals surface area contributed by atoms with Crippen molar-refractivity contribution >= 4 is 15.9 Å².